The first-order chi connectivity index (χ1) is 7.10. The van der Waals surface area contributed by atoms with Crippen molar-refractivity contribution in [3.8, 4) is 0 Å². The molecule has 0 heterocycles. The largest absolute Gasteiger partial charge is 0.575 e. The Kier molecular flexibility index (Phi) is 5.20. The van der Waals surface area contributed by atoms with Crippen molar-refractivity contribution in [1.29, 1.82) is 0 Å². The molecule has 0 aliphatic rings. The molecular weight excluding hydrogens is 253 g/mol. The highest BCUT2D eigenvalue weighted by molar-refractivity contribution is 7.73. The molecule has 16 heavy (non-hydrogen) atoms. The van der Waals surface area contributed by atoms with Gasteiger partial charge in [0.05, 0.1) is 0 Å². The molecule has 5 nitrogen and oxygen atoms in total. The lowest BCUT2D eigenvalue weighted by molar-refractivity contribution is -0.306. The third-order valence-electron chi connectivity index (χ3n) is 1.87. The zero-order valence-electron chi connectivity index (χ0n) is 8.28. The summed E-state index contributed by atoms with van der Waals surface area (Å²) in [5.41, 5.74) is 0. The average Bonchev–Trinajstić information content (AvgIpc) is 2.11. The second-order valence-electron chi connectivity index (χ2n) is 3.01. The van der Waals surface area contributed by atoms with Crippen molar-refractivity contribution in [2.24, 2.45) is 0 Å². The van der Waals surface area contributed by atoms with E-state index in [2.05, 4.69) is 4.74 Å². The van der Waals surface area contributed by atoms with Crippen LogP contribution in [0.4, 0.5) is 13.2 Å². The van der Waals surface area contributed by atoms with E-state index in [0.717, 1.165) is 0 Å². The van der Waals surface area contributed by atoms with E-state index in [-0.39, 0.29) is 6.42 Å². The van der Waals surface area contributed by atoms with Gasteiger partial charge < -0.3 is 9.84 Å². The van der Waals surface area contributed by atoms with Crippen LogP contribution >= 0.6 is 0 Å². The molecule has 0 rings (SSSR count). The third kappa shape index (κ3) is 5.31. The van der Waals surface area contributed by atoms with Crippen LogP contribution in [0, 0.1) is 0 Å². The SMILES string of the molecule is CCC(O)(CCC(=O)OC(F)(F)F)[SH](=O)=O. The number of carbonyl (C=O) groups is 1. The molecule has 0 aromatic rings. The van der Waals surface area contributed by atoms with Crippen LogP contribution in [-0.4, -0.2) is 30.8 Å². The van der Waals surface area contributed by atoms with Crippen molar-refractivity contribution in [3.63, 3.8) is 0 Å². The van der Waals surface area contributed by atoms with Gasteiger partial charge in [0, 0.05) is 12.8 Å². The molecule has 0 bridgehead atoms. The summed E-state index contributed by atoms with van der Waals surface area (Å²) >= 11 is 0. The monoisotopic (exact) mass is 264 g/mol. The number of halogens is 3. The Balaban J connectivity index is 4.29. The summed E-state index contributed by atoms with van der Waals surface area (Å²) in [6, 6.07) is 0. The van der Waals surface area contributed by atoms with Gasteiger partial charge in [-0.1, -0.05) is 6.92 Å². The quantitative estimate of drug-likeness (QED) is 0.559. The van der Waals surface area contributed by atoms with Crippen molar-refractivity contribution in [1.82, 2.24) is 0 Å². The number of hydrogen-bond donors (Lipinski definition) is 2. The van der Waals surface area contributed by atoms with Crippen LogP contribution < -0.4 is 0 Å². The van der Waals surface area contributed by atoms with Crippen molar-refractivity contribution >= 4 is 16.7 Å². The van der Waals surface area contributed by atoms with Crippen molar-refractivity contribution in [2.45, 2.75) is 37.5 Å². The number of esters is 1. The third-order valence-corrected chi connectivity index (χ3v) is 3.08. The van der Waals surface area contributed by atoms with Crippen LogP contribution in [0.3, 0.4) is 0 Å². The normalized spacial score (nSPS) is 15.9. The first kappa shape index (κ1) is 15.2. The lowest BCUT2D eigenvalue weighted by atomic mass is 10.1. The van der Waals surface area contributed by atoms with Crippen molar-refractivity contribution in [2.75, 3.05) is 0 Å². The van der Waals surface area contributed by atoms with E-state index in [1.807, 2.05) is 0 Å². The standard InChI is InChI=1S/C7H11F3O5S/c1-2-6(12,16(13)14)4-3-5(11)15-7(8,9)10/h12,16H,2-4H2,1H3. The van der Waals surface area contributed by atoms with Crippen molar-refractivity contribution < 1.29 is 36.2 Å². The van der Waals surface area contributed by atoms with Gasteiger partial charge in [0.2, 0.25) is 0 Å². The Morgan fingerprint density at radius 3 is 2.19 bits per heavy atom. The predicted octanol–water partition coefficient (Wildman–Crippen LogP) is 0.540. The molecule has 0 saturated heterocycles. The average molecular weight is 264 g/mol. The molecule has 0 aromatic heterocycles. The molecule has 0 aliphatic heterocycles. The van der Waals surface area contributed by atoms with Gasteiger partial charge in [-0.2, -0.15) is 0 Å². The van der Waals surface area contributed by atoms with Gasteiger partial charge in [-0.3, -0.25) is 4.79 Å². The number of aliphatic hydroxyl groups is 1. The number of alkyl halides is 3. The maximum Gasteiger partial charge on any atom is 0.575 e. The second kappa shape index (κ2) is 5.48. The summed E-state index contributed by atoms with van der Waals surface area (Å²) in [7, 11) is -3.24. The van der Waals surface area contributed by atoms with E-state index in [9.17, 15) is 31.5 Å². The first-order valence-corrected chi connectivity index (χ1v) is 5.44. The van der Waals surface area contributed by atoms with E-state index < -0.39 is 40.8 Å². The van der Waals surface area contributed by atoms with Gasteiger partial charge in [0.15, 0.2) is 15.6 Å². The summed E-state index contributed by atoms with van der Waals surface area (Å²) in [5, 5.41) is 9.36. The van der Waals surface area contributed by atoms with Crippen LogP contribution in [0.2, 0.25) is 0 Å². The molecule has 0 radical (unpaired) electrons. The Labute approximate surface area is 91.2 Å². The summed E-state index contributed by atoms with van der Waals surface area (Å²) in [5.74, 6) is -1.63. The van der Waals surface area contributed by atoms with Crippen LogP contribution in [0.15, 0.2) is 0 Å². The Morgan fingerprint density at radius 2 is 1.88 bits per heavy atom. The molecule has 0 amide bonds. The van der Waals surface area contributed by atoms with E-state index in [0.29, 0.717) is 0 Å². The molecule has 0 aliphatic carbocycles. The first-order valence-electron chi connectivity index (χ1n) is 4.26. The Morgan fingerprint density at radius 1 is 1.38 bits per heavy atom. The zero-order chi connectivity index (χ0) is 13.0. The number of hydrogen-bond acceptors (Lipinski definition) is 5. The van der Waals surface area contributed by atoms with Crippen molar-refractivity contribution in [3.05, 3.63) is 0 Å². The Hall–Kier alpha value is -0.830. The van der Waals surface area contributed by atoms with E-state index >= 15 is 0 Å². The molecule has 9 heteroatoms. The number of thiol groups is 1. The topological polar surface area (TPSA) is 80.7 Å². The smallest absolute Gasteiger partial charge is 0.374 e. The number of carbonyl (C=O) groups excluding carboxylic acids is 1. The van der Waals surface area contributed by atoms with Crippen LogP contribution in [0.1, 0.15) is 26.2 Å². The molecule has 1 unspecified atom stereocenters. The van der Waals surface area contributed by atoms with Gasteiger partial charge in [0.25, 0.3) is 0 Å². The second-order valence-corrected chi connectivity index (χ2v) is 4.36. The minimum atomic E-state index is -5.10. The minimum Gasteiger partial charge on any atom is -0.374 e. The molecule has 1 N–H and O–H groups in total. The van der Waals surface area contributed by atoms with Gasteiger partial charge in [0.1, 0.15) is 0 Å². The molecule has 0 fully saturated rings. The molecule has 0 aromatic carbocycles. The lowest BCUT2D eigenvalue weighted by Crippen LogP contribution is -2.31. The van der Waals surface area contributed by atoms with Gasteiger partial charge in [-0.25, -0.2) is 8.42 Å². The highest BCUT2D eigenvalue weighted by Crippen LogP contribution is 2.21. The maximum absolute atomic E-state index is 11.5. The van der Waals surface area contributed by atoms with Crippen LogP contribution in [0.5, 0.6) is 0 Å². The van der Waals surface area contributed by atoms with Gasteiger partial charge in [-0.15, -0.1) is 13.2 Å². The Bertz CT molecular complexity index is 316. The van der Waals surface area contributed by atoms with Gasteiger partial charge in [-0.05, 0) is 6.42 Å². The highest BCUT2D eigenvalue weighted by atomic mass is 32.2. The maximum atomic E-state index is 11.5. The van der Waals surface area contributed by atoms with E-state index in [1.165, 1.54) is 6.92 Å². The summed E-state index contributed by atoms with van der Waals surface area (Å²) in [4.78, 5) is 8.43. The van der Waals surface area contributed by atoms with Gasteiger partial charge >= 0.3 is 12.3 Å². The highest BCUT2D eigenvalue weighted by Gasteiger charge is 2.35. The fraction of sp³-hybridized carbons (Fsp3) is 0.857. The molecule has 0 saturated carbocycles. The molecule has 96 valence electrons. The van der Waals surface area contributed by atoms with Crippen LogP contribution in [0.25, 0.3) is 0 Å². The fourth-order valence-electron chi connectivity index (χ4n) is 0.880. The van der Waals surface area contributed by atoms with E-state index in [1.54, 1.807) is 0 Å². The molecular formula is C7H11F3O5S. The zero-order valence-corrected chi connectivity index (χ0v) is 9.18. The van der Waals surface area contributed by atoms with Crippen LogP contribution in [-0.2, 0) is 20.2 Å². The lowest BCUT2D eigenvalue weighted by Gasteiger charge is -2.18. The summed E-state index contributed by atoms with van der Waals surface area (Å²) < 4.78 is 58.8. The molecule has 0 spiro atoms. The fourth-order valence-corrected chi connectivity index (χ4v) is 1.43. The number of rotatable bonds is 5. The van der Waals surface area contributed by atoms with E-state index in [4.69, 9.17) is 0 Å². The minimum absolute atomic E-state index is 0.217. The summed E-state index contributed by atoms with van der Waals surface area (Å²) in [6.07, 6.45) is -6.77. The number of ether oxygens (including phenoxy) is 1. The summed E-state index contributed by atoms with van der Waals surface area (Å²) in [6.45, 7) is 1.33. The predicted molar refractivity (Wildman–Crippen MR) is 46.9 cm³/mol. The molecule has 1 atom stereocenters.